The maximum atomic E-state index is 12.5. The lowest BCUT2D eigenvalue weighted by atomic mass is 10.4. The van der Waals surface area contributed by atoms with Crippen LogP contribution in [-0.2, 0) is 0 Å². The van der Waals surface area contributed by atoms with Gasteiger partial charge in [-0.3, -0.25) is 0 Å². The van der Waals surface area contributed by atoms with Crippen molar-refractivity contribution in [3.05, 3.63) is 20.8 Å². The highest BCUT2D eigenvalue weighted by Gasteiger charge is 2.55. The van der Waals surface area contributed by atoms with Gasteiger partial charge in [0.2, 0.25) is 0 Å². The quantitative estimate of drug-likeness (QED) is 0.439. The average Bonchev–Trinajstić information content (AvgIpc) is 2.22. The van der Waals surface area contributed by atoms with E-state index in [0.29, 0.717) is 0 Å². The van der Waals surface area contributed by atoms with E-state index >= 15 is 0 Å². The van der Waals surface area contributed by atoms with Crippen LogP contribution in [0, 0.1) is 0 Å². The first kappa shape index (κ1) is 19.1. The second kappa shape index (κ2) is 5.31. The van der Waals surface area contributed by atoms with Crippen LogP contribution in [0.25, 0.3) is 0 Å². The van der Waals surface area contributed by atoms with Gasteiger partial charge >= 0.3 is 24.7 Å². The molecule has 22 heavy (non-hydrogen) atoms. The van der Waals surface area contributed by atoms with Crippen molar-refractivity contribution in [2.24, 2.45) is 0 Å². The molecule has 1 aliphatic heterocycles. The smallest absolute Gasteiger partial charge is 0.167 e. The highest BCUT2D eigenvalue weighted by Crippen LogP contribution is 2.45. The molecular weight excluding hydrogens is 380 g/mol. The molecule has 1 rings (SSSR count). The molecule has 14 heteroatoms. The lowest BCUT2D eigenvalue weighted by molar-refractivity contribution is -0.112. The minimum Gasteiger partial charge on any atom is -0.167 e. The van der Waals surface area contributed by atoms with Crippen LogP contribution in [0.5, 0.6) is 0 Å². The van der Waals surface area contributed by atoms with Gasteiger partial charge in [0.15, 0.2) is 0 Å². The molecule has 0 spiro atoms. The summed E-state index contributed by atoms with van der Waals surface area (Å²) in [6.45, 7) is 0. The Morgan fingerprint density at radius 2 is 0.500 bits per heavy atom. The second-order valence-electron chi connectivity index (χ2n) is 3.74. The Balaban J connectivity index is 3.57. The van der Waals surface area contributed by atoms with Crippen molar-refractivity contribution < 1.29 is 52.7 Å². The summed E-state index contributed by atoms with van der Waals surface area (Å²) in [6, 6.07) is 0. The molecule has 1 heterocycles. The maximum Gasteiger partial charge on any atom is 0.408 e. The second-order valence-corrected chi connectivity index (χ2v) is 6.24. The van der Waals surface area contributed by atoms with Gasteiger partial charge in [0, 0.05) is 20.8 Å². The zero-order chi connectivity index (χ0) is 17.7. The largest absolute Gasteiger partial charge is 0.408 e. The van der Waals surface area contributed by atoms with Gasteiger partial charge in [-0.15, -0.1) is 0 Å². The third-order valence-corrected chi connectivity index (χ3v) is 5.77. The van der Waals surface area contributed by atoms with Crippen molar-refractivity contribution >= 4 is 19.0 Å². The van der Waals surface area contributed by atoms with E-state index in [0.717, 1.165) is 0 Å². The fourth-order valence-corrected chi connectivity index (χ4v) is 4.23. The van der Waals surface area contributed by atoms with E-state index in [4.69, 9.17) is 0 Å². The number of hydrogen-bond donors (Lipinski definition) is 0. The predicted molar refractivity (Wildman–Crippen MR) is 49.8 cm³/mol. The van der Waals surface area contributed by atoms with Crippen molar-refractivity contribution in [3.8, 4) is 0 Å². The van der Waals surface area contributed by atoms with E-state index in [9.17, 15) is 52.7 Å². The monoisotopic (exact) mass is 380 g/mol. The van der Waals surface area contributed by atoms with Crippen molar-refractivity contribution in [2.45, 2.75) is 24.7 Å². The van der Waals surface area contributed by atoms with Gasteiger partial charge in [0.05, 0.1) is 0 Å². The molecule has 0 aromatic rings. The van der Waals surface area contributed by atoms with Crippen LogP contribution >= 0.6 is 0 Å². The molecule has 1 aliphatic rings. The SMILES string of the molecule is FC(F)(F)C1=C(C(F)(F)F)[Si]C(C(F)(F)F)=C(C(F)(F)F)[Si]1. The zero-order valence-electron chi connectivity index (χ0n) is 9.54. The zero-order valence-corrected chi connectivity index (χ0v) is 11.5. The highest BCUT2D eigenvalue weighted by atomic mass is 28.2. The van der Waals surface area contributed by atoms with Gasteiger partial charge in [-0.25, -0.2) is 0 Å². The number of rotatable bonds is 0. The van der Waals surface area contributed by atoms with Crippen LogP contribution in [0.3, 0.4) is 0 Å². The van der Waals surface area contributed by atoms with Gasteiger partial charge in [0.1, 0.15) is 19.0 Å². The topological polar surface area (TPSA) is 0 Å². The van der Waals surface area contributed by atoms with E-state index < -0.39 is 64.5 Å². The molecule has 0 saturated heterocycles. The Hall–Kier alpha value is -0.926. The summed E-state index contributed by atoms with van der Waals surface area (Å²) in [5.74, 6) is 0. The Bertz CT molecular complexity index is 419. The van der Waals surface area contributed by atoms with Crippen LogP contribution in [-0.4, -0.2) is 43.7 Å². The molecule has 0 atom stereocenters. The number of alkyl halides is 12. The number of halogens is 12. The molecule has 0 nitrogen and oxygen atoms in total. The van der Waals surface area contributed by atoms with Crippen LogP contribution < -0.4 is 0 Å². The molecule has 0 aromatic heterocycles. The summed E-state index contributed by atoms with van der Waals surface area (Å²) >= 11 is 0. The summed E-state index contributed by atoms with van der Waals surface area (Å²) in [5, 5.41) is -10.5. The summed E-state index contributed by atoms with van der Waals surface area (Å²) < 4.78 is 150. The first-order valence-electron chi connectivity index (χ1n) is 4.77. The molecule has 0 unspecified atom stereocenters. The molecule has 0 bridgehead atoms. The normalized spacial score (nSPS) is 19.1. The highest BCUT2D eigenvalue weighted by molar-refractivity contribution is 6.68. The van der Waals surface area contributed by atoms with Crippen molar-refractivity contribution in [3.63, 3.8) is 0 Å². The molecule has 124 valence electrons. The third kappa shape index (κ3) is 4.08. The van der Waals surface area contributed by atoms with Crippen molar-refractivity contribution in [1.29, 1.82) is 0 Å². The summed E-state index contributed by atoms with van der Waals surface area (Å²) in [5.41, 5.74) is 0. The standard InChI is InChI=1S/C8F12Si2/c9-5(10,11)1-2(6(12,13)14)22-4(8(18,19)20)3(21-1)7(15,16)17. The number of hydrogen-bond acceptors (Lipinski definition) is 0. The van der Waals surface area contributed by atoms with E-state index in [2.05, 4.69) is 0 Å². The molecule has 0 N–H and O–H groups in total. The Kier molecular flexibility index (Phi) is 4.62. The van der Waals surface area contributed by atoms with E-state index in [-0.39, 0.29) is 0 Å². The Labute approximate surface area is 118 Å². The van der Waals surface area contributed by atoms with E-state index in [1.54, 1.807) is 0 Å². The molecule has 0 fully saturated rings. The van der Waals surface area contributed by atoms with Crippen LogP contribution in [0.1, 0.15) is 0 Å². The van der Waals surface area contributed by atoms with Crippen LogP contribution in [0.15, 0.2) is 20.8 Å². The number of allylic oxidation sites excluding steroid dienone is 4. The third-order valence-electron chi connectivity index (χ3n) is 2.13. The van der Waals surface area contributed by atoms with Gasteiger partial charge in [-0.1, -0.05) is 0 Å². The summed E-state index contributed by atoms with van der Waals surface area (Å²) in [6.07, 6.45) is -23.3. The van der Waals surface area contributed by atoms with Gasteiger partial charge in [-0.05, 0) is 0 Å². The van der Waals surface area contributed by atoms with Crippen molar-refractivity contribution in [1.82, 2.24) is 0 Å². The van der Waals surface area contributed by atoms with Gasteiger partial charge in [0.25, 0.3) is 0 Å². The summed E-state index contributed by atoms with van der Waals surface area (Å²) in [7, 11) is -5.66. The molecule has 4 radical (unpaired) electrons. The molecular formula is C8F12Si2. The maximum absolute atomic E-state index is 12.5. The predicted octanol–water partition coefficient (Wildman–Crippen LogP) is 4.08. The molecule has 0 saturated carbocycles. The van der Waals surface area contributed by atoms with Gasteiger partial charge in [-0.2, -0.15) is 52.7 Å². The lowest BCUT2D eigenvalue weighted by Gasteiger charge is -2.29. The van der Waals surface area contributed by atoms with E-state index in [1.807, 2.05) is 0 Å². The summed E-state index contributed by atoms with van der Waals surface area (Å²) in [4.78, 5) is 0. The minimum atomic E-state index is -5.82. The average molecular weight is 380 g/mol. The Morgan fingerprint density at radius 3 is 0.591 bits per heavy atom. The first-order chi connectivity index (χ1) is 9.45. The van der Waals surface area contributed by atoms with Crippen LogP contribution in [0.4, 0.5) is 52.7 Å². The van der Waals surface area contributed by atoms with E-state index in [1.165, 1.54) is 0 Å². The van der Waals surface area contributed by atoms with Crippen LogP contribution in [0.2, 0.25) is 0 Å². The minimum absolute atomic E-state index is 2.63. The van der Waals surface area contributed by atoms with Gasteiger partial charge < -0.3 is 0 Å². The first-order valence-corrected chi connectivity index (χ1v) is 6.77. The molecule has 0 aliphatic carbocycles. The lowest BCUT2D eigenvalue weighted by Crippen LogP contribution is -2.41. The molecule has 0 amide bonds. The van der Waals surface area contributed by atoms with Crippen molar-refractivity contribution in [2.75, 3.05) is 0 Å². The fraction of sp³-hybridized carbons (Fsp3) is 0.500. The Morgan fingerprint density at radius 1 is 0.364 bits per heavy atom. The fourth-order valence-electron chi connectivity index (χ4n) is 1.35. The molecule has 0 aromatic carbocycles.